The minimum absolute atomic E-state index is 0.00741. The SMILES string of the molecule is CCOC(=O)c1ccc(Cn2ccc3cc(C(F)(F)F)cc(Cl)c32)o1. The predicted octanol–water partition coefficient (Wildman–Crippen LogP) is 5.13. The summed E-state index contributed by atoms with van der Waals surface area (Å²) >= 11 is 6.05. The molecule has 25 heavy (non-hydrogen) atoms. The highest BCUT2D eigenvalue weighted by Gasteiger charge is 2.31. The molecule has 0 atom stereocenters. The fourth-order valence-electron chi connectivity index (χ4n) is 2.53. The van der Waals surface area contributed by atoms with Crippen molar-refractivity contribution in [2.24, 2.45) is 0 Å². The topological polar surface area (TPSA) is 44.4 Å². The van der Waals surface area contributed by atoms with Gasteiger partial charge in [-0.3, -0.25) is 0 Å². The Balaban J connectivity index is 1.91. The van der Waals surface area contributed by atoms with E-state index in [9.17, 15) is 18.0 Å². The van der Waals surface area contributed by atoms with Crippen molar-refractivity contribution in [2.45, 2.75) is 19.6 Å². The van der Waals surface area contributed by atoms with Crippen LogP contribution in [0.25, 0.3) is 10.9 Å². The monoisotopic (exact) mass is 371 g/mol. The van der Waals surface area contributed by atoms with Gasteiger partial charge in [0, 0.05) is 11.6 Å². The zero-order valence-electron chi connectivity index (χ0n) is 13.1. The number of carbonyl (C=O) groups excluding carboxylic acids is 1. The van der Waals surface area contributed by atoms with Crippen molar-refractivity contribution in [3.8, 4) is 0 Å². The summed E-state index contributed by atoms with van der Waals surface area (Å²) in [5.41, 5.74) is -0.339. The Morgan fingerprint density at radius 1 is 1.28 bits per heavy atom. The summed E-state index contributed by atoms with van der Waals surface area (Å²) in [5.74, 6) is -0.0470. The fourth-order valence-corrected chi connectivity index (χ4v) is 2.87. The van der Waals surface area contributed by atoms with Crippen molar-refractivity contribution in [1.29, 1.82) is 0 Å². The van der Waals surface area contributed by atoms with Gasteiger partial charge < -0.3 is 13.7 Å². The molecule has 0 radical (unpaired) electrons. The Morgan fingerprint density at radius 2 is 2.04 bits per heavy atom. The molecular weight excluding hydrogens is 359 g/mol. The molecule has 0 aliphatic heterocycles. The highest BCUT2D eigenvalue weighted by molar-refractivity contribution is 6.35. The Kier molecular flexibility index (Phi) is 4.51. The molecule has 132 valence electrons. The molecule has 4 nitrogen and oxygen atoms in total. The highest BCUT2D eigenvalue weighted by atomic mass is 35.5. The minimum atomic E-state index is -4.46. The van der Waals surface area contributed by atoms with Gasteiger partial charge >= 0.3 is 12.1 Å². The summed E-state index contributed by atoms with van der Waals surface area (Å²) in [6.45, 7) is 2.13. The Hall–Kier alpha value is -2.41. The van der Waals surface area contributed by atoms with Crippen molar-refractivity contribution in [3.05, 3.63) is 58.6 Å². The van der Waals surface area contributed by atoms with Crippen LogP contribution in [0.1, 0.15) is 28.8 Å². The number of ether oxygens (including phenoxy) is 1. The molecular formula is C17H13ClF3NO3. The number of esters is 1. The van der Waals surface area contributed by atoms with E-state index >= 15 is 0 Å². The van der Waals surface area contributed by atoms with E-state index in [1.165, 1.54) is 6.07 Å². The number of benzene rings is 1. The zero-order chi connectivity index (χ0) is 18.2. The van der Waals surface area contributed by atoms with Crippen LogP contribution in [-0.4, -0.2) is 17.1 Å². The van der Waals surface area contributed by atoms with Crippen LogP contribution >= 0.6 is 11.6 Å². The van der Waals surface area contributed by atoms with Gasteiger partial charge in [-0.1, -0.05) is 11.6 Å². The van der Waals surface area contributed by atoms with Crippen LogP contribution in [0, 0.1) is 0 Å². The first-order valence-corrected chi connectivity index (χ1v) is 7.79. The number of alkyl halides is 3. The van der Waals surface area contributed by atoms with Gasteiger partial charge in [0.15, 0.2) is 0 Å². The molecule has 3 aromatic rings. The fraction of sp³-hybridized carbons (Fsp3) is 0.235. The number of fused-ring (bicyclic) bond motifs is 1. The van der Waals surface area contributed by atoms with Crippen LogP contribution in [-0.2, 0) is 17.5 Å². The third-order valence-electron chi connectivity index (χ3n) is 3.61. The molecule has 2 aromatic heterocycles. The van der Waals surface area contributed by atoms with Crippen molar-refractivity contribution < 1.29 is 27.1 Å². The molecule has 3 rings (SSSR count). The molecule has 2 heterocycles. The zero-order valence-corrected chi connectivity index (χ0v) is 13.8. The van der Waals surface area contributed by atoms with Crippen molar-refractivity contribution in [2.75, 3.05) is 6.61 Å². The van der Waals surface area contributed by atoms with Gasteiger partial charge in [-0.15, -0.1) is 0 Å². The second-order valence-corrected chi connectivity index (χ2v) is 5.73. The van der Waals surface area contributed by atoms with Gasteiger partial charge in [0.2, 0.25) is 5.76 Å². The molecule has 0 bridgehead atoms. The maximum atomic E-state index is 12.9. The van der Waals surface area contributed by atoms with E-state index in [1.807, 2.05) is 0 Å². The number of nitrogens with zero attached hydrogens (tertiary/aromatic N) is 1. The third-order valence-corrected chi connectivity index (χ3v) is 3.89. The van der Waals surface area contributed by atoms with Crippen molar-refractivity contribution >= 4 is 28.5 Å². The summed E-state index contributed by atoms with van der Waals surface area (Å²) in [7, 11) is 0. The lowest BCUT2D eigenvalue weighted by atomic mass is 10.1. The van der Waals surface area contributed by atoms with Gasteiger partial charge in [0.1, 0.15) is 5.76 Å². The summed E-state index contributed by atoms with van der Waals surface area (Å²) in [6.07, 6.45) is -2.85. The smallest absolute Gasteiger partial charge is 0.416 e. The largest absolute Gasteiger partial charge is 0.460 e. The summed E-state index contributed by atoms with van der Waals surface area (Å²) < 4.78 is 50.5. The van der Waals surface area contributed by atoms with Crippen molar-refractivity contribution in [3.63, 3.8) is 0 Å². The summed E-state index contributed by atoms with van der Waals surface area (Å²) in [4.78, 5) is 11.6. The van der Waals surface area contributed by atoms with Crippen LogP contribution in [0.5, 0.6) is 0 Å². The molecule has 0 unspecified atom stereocenters. The van der Waals surface area contributed by atoms with Gasteiger partial charge in [-0.2, -0.15) is 13.2 Å². The molecule has 0 amide bonds. The Labute approximate surface area is 145 Å². The summed E-state index contributed by atoms with van der Waals surface area (Å²) in [5, 5.41) is 0.365. The predicted molar refractivity (Wildman–Crippen MR) is 85.7 cm³/mol. The first kappa shape index (κ1) is 17.4. The average molecular weight is 372 g/mol. The van der Waals surface area contributed by atoms with Gasteiger partial charge in [-0.25, -0.2) is 4.79 Å². The first-order chi connectivity index (χ1) is 11.8. The number of rotatable bonds is 4. The third kappa shape index (κ3) is 3.51. The second-order valence-electron chi connectivity index (χ2n) is 5.32. The lowest BCUT2D eigenvalue weighted by molar-refractivity contribution is -0.137. The van der Waals surface area contributed by atoms with Crippen LogP contribution in [0.15, 0.2) is 40.9 Å². The van der Waals surface area contributed by atoms with E-state index in [0.29, 0.717) is 16.7 Å². The quantitative estimate of drug-likeness (QED) is 0.597. The first-order valence-electron chi connectivity index (χ1n) is 7.41. The van der Waals surface area contributed by atoms with E-state index in [0.717, 1.165) is 12.1 Å². The molecule has 0 saturated carbocycles. The molecule has 0 spiro atoms. The van der Waals surface area contributed by atoms with Gasteiger partial charge in [0.05, 0.1) is 29.3 Å². The molecule has 0 saturated heterocycles. The minimum Gasteiger partial charge on any atom is -0.460 e. The number of aromatic nitrogens is 1. The maximum Gasteiger partial charge on any atom is 0.416 e. The van der Waals surface area contributed by atoms with Crippen LogP contribution in [0.3, 0.4) is 0 Å². The molecule has 0 fully saturated rings. The number of furan rings is 1. The Morgan fingerprint density at radius 3 is 2.72 bits per heavy atom. The Bertz CT molecular complexity index is 927. The van der Waals surface area contributed by atoms with Gasteiger partial charge in [-0.05, 0) is 37.3 Å². The van der Waals surface area contributed by atoms with E-state index < -0.39 is 17.7 Å². The highest BCUT2D eigenvalue weighted by Crippen LogP contribution is 2.35. The summed E-state index contributed by atoms with van der Waals surface area (Å²) in [6, 6.07) is 6.58. The van der Waals surface area contributed by atoms with Gasteiger partial charge in [0.25, 0.3) is 0 Å². The van der Waals surface area contributed by atoms with Crippen molar-refractivity contribution in [1.82, 2.24) is 4.57 Å². The molecule has 8 heteroatoms. The molecule has 0 aliphatic rings. The van der Waals surface area contributed by atoms with E-state index in [-0.39, 0.29) is 23.9 Å². The molecule has 0 aliphatic carbocycles. The maximum absolute atomic E-state index is 12.9. The van der Waals surface area contributed by atoms with E-state index in [4.69, 9.17) is 20.8 Å². The number of halogens is 4. The van der Waals surface area contributed by atoms with E-state index in [2.05, 4.69) is 0 Å². The molecule has 1 aromatic carbocycles. The second kappa shape index (κ2) is 6.48. The number of hydrogen-bond donors (Lipinski definition) is 0. The normalized spacial score (nSPS) is 11.9. The number of hydrogen-bond acceptors (Lipinski definition) is 3. The number of carbonyl (C=O) groups is 1. The lowest BCUT2D eigenvalue weighted by Gasteiger charge is -2.10. The van der Waals surface area contributed by atoms with E-state index in [1.54, 1.807) is 29.8 Å². The van der Waals surface area contributed by atoms with Crippen LogP contribution < -0.4 is 0 Å². The van der Waals surface area contributed by atoms with Crippen LogP contribution in [0.2, 0.25) is 5.02 Å². The standard InChI is InChI=1S/C17H13ClF3NO3/c1-2-24-16(23)14-4-3-12(25-14)9-22-6-5-10-7-11(17(19,20)21)8-13(18)15(10)22/h3-8H,2,9H2,1H3. The lowest BCUT2D eigenvalue weighted by Crippen LogP contribution is -2.05. The van der Waals surface area contributed by atoms with Crippen LogP contribution in [0.4, 0.5) is 13.2 Å². The average Bonchev–Trinajstić information content (AvgIpc) is 3.15. The molecule has 0 N–H and O–H groups in total.